The molecule has 130 valence electrons. The van der Waals surface area contributed by atoms with Crippen molar-refractivity contribution in [1.29, 1.82) is 0 Å². The Morgan fingerprint density at radius 2 is 1.96 bits per heavy atom. The highest BCUT2D eigenvalue weighted by Crippen LogP contribution is 2.44. The standard InChI is InChI=1S/C17H26N2O3.ClH/c1-2-21-12-10-17(8-3-9-17)16(20)19-14-4-6-15(7-5-14)22-13-11-18;/h4-7H,2-3,8-13,18H2,1H3,(H,19,20);1H. The molecule has 1 saturated carbocycles. The minimum atomic E-state index is -0.246. The Balaban J connectivity index is 0.00000264. The highest BCUT2D eigenvalue weighted by atomic mass is 35.5. The monoisotopic (exact) mass is 342 g/mol. The molecular weight excluding hydrogens is 316 g/mol. The second-order valence-electron chi connectivity index (χ2n) is 5.70. The van der Waals surface area contributed by atoms with Crippen molar-refractivity contribution in [3.05, 3.63) is 24.3 Å². The maximum absolute atomic E-state index is 12.6. The van der Waals surface area contributed by atoms with Gasteiger partial charge in [-0.05, 0) is 50.5 Å². The maximum Gasteiger partial charge on any atom is 0.230 e. The van der Waals surface area contributed by atoms with Crippen LogP contribution in [0.3, 0.4) is 0 Å². The highest BCUT2D eigenvalue weighted by molar-refractivity contribution is 5.95. The van der Waals surface area contributed by atoms with Gasteiger partial charge in [0.05, 0.1) is 5.41 Å². The van der Waals surface area contributed by atoms with Gasteiger partial charge in [0.1, 0.15) is 12.4 Å². The third-order valence-corrected chi connectivity index (χ3v) is 4.22. The molecule has 1 aliphatic carbocycles. The van der Waals surface area contributed by atoms with Gasteiger partial charge in [0.2, 0.25) is 5.91 Å². The van der Waals surface area contributed by atoms with E-state index in [-0.39, 0.29) is 23.7 Å². The smallest absolute Gasteiger partial charge is 0.230 e. The average Bonchev–Trinajstić information content (AvgIpc) is 2.49. The molecule has 0 heterocycles. The lowest BCUT2D eigenvalue weighted by atomic mass is 9.66. The summed E-state index contributed by atoms with van der Waals surface area (Å²) in [6, 6.07) is 7.41. The highest BCUT2D eigenvalue weighted by Gasteiger charge is 2.43. The van der Waals surface area contributed by atoms with E-state index in [1.807, 2.05) is 31.2 Å². The Hall–Kier alpha value is -1.30. The first kappa shape index (κ1) is 19.7. The first-order valence-corrected chi connectivity index (χ1v) is 8.02. The molecule has 1 aromatic carbocycles. The molecule has 1 aliphatic rings. The lowest BCUT2D eigenvalue weighted by Crippen LogP contribution is -2.42. The van der Waals surface area contributed by atoms with Crippen LogP contribution in [0.15, 0.2) is 24.3 Å². The number of hydrogen-bond donors (Lipinski definition) is 2. The summed E-state index contributed by atoms with van der Waals surface area (Å²) in [5.41, 5.74) is 5.95. The summed E-state index contributed by atoms with van der Waals surface area (Å²) >= 11 is 0. The van der Waals surface area contributed by atoms with Crippen LogP contribution in [0.2, 0.25) is 0 Å². The fourth-order valence-corrected chi connectivity index (χ4v) is 2.68. The zero-order chi connectivity index (χ0) is 15.8. The Morgan fingerprint density at radius 1 is 1.26 bits per heavy atom. The third kappa shape index (κ3) is 5.37. The van der Waals surface area contributed by atoms with Crippen LogP contribution in [0.5, 0.6) is 5.75 Å². The lowest BCUT2D eigenvalue weighted by molar-refractivity contribution is -0.132. The summed E-state index contributed by atoms with van der Waals surface area (Å²) in [5.74, 6) is 0.868. The van der Waals surface area contributed by atoms with E-state index in [0.29, 0.717) is 26.4 Å². The molecule has 23 heavy (non-hydrogen) atoms. The summed E-state index contributed by atoms with van der Waals surface area (Å²) in [4.78, 5) is 12.6. The molecule has 1 aromatic rings. The van der Waals surface area contributed by atoms with Crippen LogP contribution in [-0.4, -0.2) is 32.3 Å². The van der Waals surface area contributed by atoms with E-state index in [1.54, 1.807) is 0 Å². The fraction of sp³-hybridized carbons (Fsp3) is 0.588. The van der Waals surface area contributed by atoms with Crippen molar-refractivity contribution in [2.24, 2.45) is 11.1 Å². The van der Waals surface area contributed by atoms with Crippen LogP contribution in [0.1, 0.15) is 32.6 Å². The SMILES string of the molecule is CCOCCC1(C(=O)Nc2ccc(OCCN)cc2)CCC1.Cl. The number of halogens is 1. The Kier molecular flexibility index (Phi) is 8.37. The van der Waals surface area contributed by atoms with Gasteiger partial charge in [-0.15, -0.1) is 12.4 Å². The number of rotatable bonds is 9. The Bertz CT molecular complexity index is 475. The number of hydrogen-bond acceptors (Lipinski definition) is 4. The first-order valence-electron chi connectivity index (χ1n) is 8.02. The van der Waals surface area contributed by atoms with E-state index >= 15 is 0 Å². The predicted molar refractivity (Wildman–Crippen MR) is 94.3 cm³/mol. The number of amides is 1. The predicted octanol–water partition coefficient (Wildman–Crippen LogP) is 2.98. The van der Waals surface area contributed by atoms with Gasteiger partial charge in [0.25, 0.3) is 0 Å². The van der Waals surface area contributed by atoms with Crippen molar-refractivity contribution < 1.29 is 14.3 Å². The maximum atomic E-state index is 12.6. The van der Waals surface area contributed by atoms with Gasteiger partial charge in [0.15, 0.2) is 0 Å². The zero-order valence-corrected chi connectivity index (χ0v) is 14.5. The number of carbonyl (C=O) groups is 1. The molecule has 0 spiro atoms. The second-order valence-corrected chi connectivity index (χ2v) is 5.70. The van der Waals surface area contributed by atoms with Crippen LogP contribution in [0, 0.1) is 5.41 Å². The first-order chi connectivity index (χ1) is 10.7. The van der Waals surface area contributed by atoms with Gasteiger partial charge >= 0.3 is 0 Å². The zero-order valence-electron chi connectivity index (χ0n) is 13.7. The van der Waals surface area contributed by atoms with Crippen LogP contribution in [0.4, 0.5) is 5.69 Å². The number of nitrogens with two attached hydrogens (primary N) is 1. The summed E-state index contributed by atoms with van der Waals surface area (Å²) < 4.78 is 10.8. The van der Waals surface area contributed by atoms with Crippen molar-refractivity contribution in [2.45, 2.75) is 32.6 Å². The van der Waals surface area contributed by atoms with Crippen molar-refractivity contribution >= 4 is 24.0 Å². The minimum Gasteiger partial charge on any atom is -0.492 e. The molecule has 0 unspecified atom stereocenters. The van der Waals surface area contributed by atoms with E-state index in [9.17, 15) is 4.79 Å². The minimum absolute atomic E-state index is 0. The molecule has 0 saturated heterocycles. The lowest BCUT2D eigenvalue weighted by Gasteiger charge is -2.40. The number of nitrogens with one attached hydrogen (secondary N) is 1. The quantitative estimate of drug-likeness (QED) is 0.677. The normalized spacial score (nSPS) is 15.2. The van der Waals surface area contributed by atoms with E-state index in [1.165, 1.54) is 0 Å². The van der Waals surface area contributed by atoms with E-state index in [4.69, 9.17) is 15.2 Å². The van der Waals surface area contributed by atoms with Gasteiger partial charge in [-0.3, -0.25) is 4.79 Å². The topological polar surface area (TPSA) is 73.6 Å². The van der Waals surface area contributed by atoms with E-state index in [2.05, 4.69) is 5.32 Å². The Labute approximate surface area is 144 Å². The van der Waals surface area contributed by atoms with Crippen LogP contribution in [0.25, 0.3) is 0 Å². The number of ether oxygens (including phenoxy) is 2. The molecule has 1 amide bonds. The van der Waals surface area contributed by atoms with Crippen LogP contribution < -0.4 is 15.8 Å². The summed E-state index contributed by atoms with van der Waals surface area (Å²) in [6.07, 6.45) is 3.81. The molecule has 5 nitrogen and oxygen atoms in total. The molecule has 0 radical (unpaired) electrons. The third-order valence-electron chi connectivity index (χ3n) is 4.22. The molecule has 0 bridgehead atoms. The average molecular weight is 343 g/mol. The number of carbonyl (C=O) groups excluding carboxylic acids is 1. The fourth-order valence-electron chi connectivity index (χ4n) is 2.68. The molecule has 0 aromatic heterocycles. The van der Waals surface area contributed by atoms with Gasteiger partial charge < -0.3 is 20.5 Å². The molecule has 3 N–H and O–H groups in total. The van der Waals surface area contributed by atoms with E-state index in [0.717, 1.165) is 37.1 Å². The molecule has 1 fully saturated rings. The molecule has 6 heteroatoms. The van der Waals surface area contributed by atoms with Crippen molar-refractivity contribution in [1.82, 2.24) is 0 Å². The summed E-state index contributed by atoms with van der Waals surface area (Å²) in [7, 11) is 0. The van der Waals surface area contributed by atoms with Crippen molar-refractivity contribution in [3.63, 3.8) is 0 Å². The summed E-state index contributed by atoms with van der Waals surface area (Å²) in [6.45, 7) is 4.30. The second kappa shape index (κ2) is 9.75. The van der Waals surface area contributed by atoms with Crippen LogP contribution in [-0.2, 0) is 9.53 Å². The van der Waals surface area contributed by atoms with Gasteiger partial charge in [-0.25, -0.2) is 0 Å². The van der Waals surface area contributed by atoms with Gasteiger partial charge in [-0.1, -0.05) is 6.42 Å². The summed E-state index contributed by atoms with van der Waals surface area (Å²) in [5, 5.41) is 3.02. The Morgan fingerprint density at radius 3 is 2.48 bits per heavy atom. The molecule has 0 aliphatic heterocycles. The van der Waals surface area contributed by atoms with E-state index < -0.39 is 0 Å². The number of anilines is 1. The van der Waals surface area contributed by atoms with Crippen LogP contribution >= 0.6 is 12.4 Å². The molecule has 0 atom stereocenters. The number of benzene rings is 1. The van der Waals surface area contributed by atoms with Crippen molar-refractivity contribution in [2.75, 3.05) is 31.7 Å². The largest absolute Gasteiger partial charge is 0.492 e. The van der Waals surface area contributed by atoms with Gasteiger partial charge in [0, 0.05) is 25.4 Å². The van der Waals surface area contributed by atoms with Gasteiger partial charge in [-0.2, -0.15) is 0 Å². The van der Waals surface area contributed by atoms with Crippen molar-refractivity contribution in [3.8, 4) is 5.75 Å². The molecule has 2 rings (SSSR count). The molecular formula is C17H27ClN2O3.